The van der Waals surface area contributed by atoms with Crippen LogP contribution in [0.25, 0.3) is 10.9 Å². The van der Waals surface area contributed by atoms with Crippen molar-refractivity contribution in [2.24, 2.45) is 0 Å². The van der Waals surface area contributed by atoms with Crippen LogP contribution in [0.2, 0.25) is 0 Å². The SMILES string of the molecule is CC(C)(CC(=O)O)SC1Oc2c(cccc2OCc2ccc3cc(F)c(F)cc3n2)Cc2cccnc21. The Kier molecular flexibility index (Phi) is 6.72. The van der Waals surface area contributed by atoms with Gasteiger partial charge in [0.15, 0.2) is 28.6 Å². The molecule has 37 heavy (non-hydrogen) atoms. The zero-order valence-electron chi connectivity index (χ0n) is 20.2. The maximum Gasteiger partial charge on any atom is 0.304 e. The van der Waals surface area contributed by atoms with Gasteiger partial charge in [-0.25, -0.2) is 13.8 Å². The fraction of sp³-hybridized carbons (Fsp3) is 0.250. The molecule has 1 atom stereocenters. The van der Waals surface area contributed by atoms with Crippen LogP contribution < -0.4 is 9.47 Å². The first-order valence-corrected chi connectivity index (χ1v) is 12.6. The third kappa shape index (κ3) is 5.51. The molecule has 0 fully saturated rings. The first-order chi connectivity index (χ1) is 17.7. The minimum absolute atomic E-state index is 0.0389. The minimum Gasteiger partial charge on any atom is -0.483 e. The molecule has 5 rings (SSSR count). The molecule has 0 spiro atoms. The highest BCUT2D eigenvalue weighted by Gasteiger charge is 2.34. The average Bonchev–Trinajstić information content (AvgIpc) is 2.99. The van der Waals surface area contributed by atoms with E-state index in [1.54, 1.807) is 24.4 Å². The number of rotatable bonds is 7. The summed E-state index contributed by atoms with van der Waals surface area (Å²) in [6.07, 6.45) is 2.24. The zero-order valence-corrected chi connectivity index (χ0v) is 21.0. The monoisotopic (exact) mass is 522 g/mol. The molecule has 3 heterocycles. The summed E-state index contributed by atoms with van der Waals surface area (Å²) in [5.41, 5.74) is 2.99. The van der Waals surface area contributed by atoms with E-state index in [-0.39, 0.29) is 13.0 Å². The summed E-state index contributed by atoms with van der Waals surface area (Å²) in [5, 5.41) is 9.86. The molecule has 2 aromatic heterocycles. The van der Waals surface area contributed by atoms with Crippen LogP contribution in [0.3, 0.4) is 0 Å². The topological polar surface area (TPSA) is 81.5 Å². The van der Waals surface area contributed by atoms with Gasteiger partial charge in [0.25, 0.3) is 0 Å². The summed E-state index contributed by atoms with van der Waals surface area (Å²) in [4.78, 5) is 20.4. The fourth-order valence-corrected chi connectivity index (χ4v) is 5.55. The molecule has 9 heteroatoms. The molecule has 4 aromatic rings. The second-order valence-electron chi connectivity index (χ2n) is 9.42. The van der Waals surface area contributed by atoms with Gasteiger partial charge in [-0.05, 0) is 43.7 Å². The Morgan fingerprint density at radius 1 is 1.14 bits per heavy atom. The third-order valence-corrected chi connectivity index (χ3v) is 7.30. The van der Waals surface area contributed by atoms with Crippen molar-refractivity contribution in [1.29, 1.82) is 0 Å². The standard InChI is InChI=1S/C28H24F2N2O4S/c1-28(2,14-24(33)34)37-27-25-17(6-4-10-31-25)11-18-5-3-7-23(26(18)36-27)35-15-19-9-8-16-12-20(29)21(30)13-22(16)32-19/h3-10,12-13,27H,11,14-15H2,1-2H3,(H,33,34). The first-order valence-electron chi connectivity index (χ1n) is 11.7. The molecule has 0 aliphatic carbocycles. The van der Waals surface area contributed by atoms with Gasteiger partial charge in [-0.1, -0.05) is 24.3 Å². The number of aliphatic carboxylic acids is 1. The molecule has 1 aliphatic heterocycles. The molecule has 0 saturated heterocycles. The van der Waals surface area contributed by atoms with E-state index in [1.165, 1.54) is 11.8 Å². The van der Waals surface area contributed by atoms with E-state index in [1.807, 2.05) is 38.1 Å². The fourth-order valence-electron chi connectivity index (χ4n) is 4.30. The van der Waals surface area contributed by atoms with Crippen molar-refractivity contribution in [1.82, 2.24) is 9.97 Å². The average molecular weight is 523 g/mol. The van der Waals surface area contributed by atoms with Crippen molar-refractivity contribution in [3.63, 3.8) is 0 Å². The summed E-state index contributed by atoms with van der Waals surface area (Å²) in [6.45, 7) is 3.82. The molecule has 1 N–H and O–H groups in total. The van der Waals surface area contributed by atoms with E-state index >= 15 is 0 Å². The van der Waals surface area contributed by atoms with Crippen molar-refractivity contribution < 1.29 is 28.2 Å². The highest BCUT2D eigenvalue weighted by molar-refractivity contribution is 8.00. The number of benzene rings is 2. The third-order valence-electron chi connectivity index (χ3n) is 5.98. The molecule has 0 radical (unpaired) electrons. The quantitative estimate of drug-likeness (QED) is 0.298. The summed E-state index contributed by atoms with van der Waals surface area (Å²) in [5.74, 6) is -1.71. The maximum absolute atomic E-state index is 13.7. The second kappa shape index (κ2) is 9.97. The largest absolute Gasteiger partial charge is 0.483 e. The number of hydrogen-bond acceptors (Lipinski definition) is 6. The molecular weight excluding hydrogens is 498 g/mol. The van der Waals surface area contributed by atoms with Gasteiger partial charge in [0.1, 0.15) is 6.61 Å². The van der Waals surface area contributed by atoms with E-state index in [4.69, 9.17) is 9.47 Å². The van der Waals surface area contributed by atoms with Gasteiger partial charge >= 0.3 is 5.97 Å². The zero-order chi connectivity index (χ0) is 26.2. The van der Waals surface area contributed by atoms with Gasteiger partial charge in [-0.15, -0.1) is 11.8 Å². The van der Waals surface area contributed by atoms with Crippen molar-refractivity contribution in [2.45, 2.75) is 43.5 Å². The summed E-state index contributed by atoms with van der Waals surface area (Å²) in [6, 6.07) is 15.0. The number of para-hydroxylation sites is 1. The number of carboxylic acids is 1. The van der Waals surface area contributed by atoms with Crippen molar-refractivity contribution in [3.8, 4) is 11.5 Å². The van der Waals surface area contributed by atoms with E-state index in [9.17, 15) is 18.7 Å². The lowest BCUT2D eigenvalue weighted by molar-refractivity contribution is -0.137. The molecule has 6 nitrogen and oxygen atoms in total. The Balaban J connectivity index is 1.44. The van der Waals surface area contributed by atoms with Crippen LogP contribution in [-0.4, -0.2) is 25.8 Å². The summed E-state index contributed by atoms with van der Waals surface area (Å²) >= 11 is 1.40. The van der Waals surface area contributed by atoms with Crippen LogP contribution in [0.4, 0.5) is 8.78 Å². The first kappa shape index (κ1) is 25.0. The predicted octanol–water partition coefficient (Wildman–Crippen LogP) is 6.46. The van der Waals surface area contributed by atoms with Gasteiger partial charge in [-0.3, -0.25) is 9.78 Å². The van der Waals surface area contributed by atoms with Gasteiger partial charge in [0.05, 0.1) is 23.3 Å². The van der Waals surface area contributed by atoms with Crippen molar-refractivity contribution in [3.05, 3.63) is 94.9 Å². The minimum atomic E-state index is -0.956. The van der Waals surface area contributed by atoms with Gasteiger partial charge in [0, 0.05) is 34.4 Å². The number of hydrogen-bond donors (Lipinski definition) is 1. The van der Waals surface area contributed by atoms with E-state index < -0.39 is 27.8 Å². The van der Waals surface area contributed by atoms with Crippen LogP contribution in [-0.2, 0) is 17.8 Å². The normalized spacial score (nSPS) is 14.9. The molecular formula is C28H24F2N2O4S. The molecule has 0 saturated carbocycles. The Morgan fingerprint density at radius 2 is 1.92 bits per heavy atom. The maximum atomic E-state index is 13.7. The Morgan fingerprint density at radius 3 is 2.73 bits per heavy atom. The van der Waals surface area contributed by atoms with Crippen LogP contribution >= 0.6 is 11.8 Å². The lowest BCUT2D eigenvalue weighted by Crippen LogP contribution is -2.23. The highest BCUT2D eigenvalue weighted by atomic mass is 32.2. The molecule has 1 aliphatic rings. The number of pyridine rings is 2. The number of carbonyl (C=O) groups is 1. The molecule has 1 unspecified atom stereocenters. The number of aromatic nitrogens is 2. The number of thioether (sulfide) groups is 1. The van der Waals surface area contributed by atoms with Gasteiger partial charge in [-0.2, -0.15) is 0 Å². The molecule has 190 valence electrons. The molecule has 2 aromatic carbocycles. The summed E-state index contributed by atoms with van der Waals surface area (Å²) in [7, 11) is 0. The Labute approximate surface area is 216 Å². The van der Waals surface area contributed by atoms with Crippen LogP contribution in [0.5, 0.6) is 11.5 Å². The highest BCUT2D eigenvalue weighted by Crippen LogP contribution is 2.47. The van der Waals surface area contributed by atoms with E-state index in [2.05, 4.69) is 9.97 Å². The molecule has 0 bridgehead atoms. The number of halogens is 2. The number of nitrogens with zero attached hydrogens (tertiary/aromatic N) is 2. The van der Waals surface area contributed by atoms with E-state index in [0.717, 1.165) is 29.0 Å². The Bertz CT molecular complexity index is 1490. The number of fused-ring (bicyclic) bond motifs is 3. The van der Waals surface area contributed by atoms with Crippen LogP contribution in [0.15, 0.2) is 60.8 Å². The smallest absolute Gasteiger partial charge is 0.304 e. The Hall–Kier alpha value is -3.72. The van der Waals surface area contributed by atoms with E-state index in [0.29, 0.717) is 34.5 Å². The second-order valence-corrected chi connectivity index (χ2v) is 11.2. The van der Waals surface area contributed by atoms with Crippen LogP contribution in [0, 0.1) is 11.6 Å². The number of ether oxygens (including phenoxy) is 2. The van der Waals surface area contributed by atoms with Gasteiger partial charge < -0.3 is 14.6 Å². The lowest BCUT2D eigenvalue weighted by Gasteiger charge is -2.28. The van der Waals surface area contributed by atoms with Crippen molar-refractivity contribution in [2.75, 3.05) is 0 Å². The predicted molar refractivity (Wildman–Crippen MR) is 137 cm³/mol. The van der Waals surface area contributed by atoms with Crippen molar-refractivity contribution >= 4 is 28.6 Å². The van der Waals surface area contributed by atoms with Gasteiger partial charge in [0.2, 0.25) is 0 Å². The van der Waals surface area contributed by atoms with Crippen LogP contribution in [0.1, 0.15) is 48.2 Å². The summed E-state index contributed by atoms with van der Waals surface area (Å²) < 4.78 is 39.2. The lowest BCUT2D eigenvalue weighted by atomic mass is 10.0. The number of carboxylic acid groups (broad SMARTS) is 1. The molecule has 0 amide bonds.